The van der Waals surface area contributed by atoms with Crippen molar-refractivity contribution in [1.82, 2.24) is 0 Å². The van der Waals surface area contributed by atoms with E-state index in [-0.39, 0.29) is 0 Å². The molecule has 1 heteroatoms. The van der Waals surface area contributed by atoms with Gasteiger partial charge in [-0.15, -0.1) is 0 Å². The zero-order chi connectivity index (χ0) is 8.81. The van der Waals surface area contributed by atoms with E-state index in [2.05, 4.69) is 19.1 Å². The lowest BCUT2D eigenvalue weighted by Gasteiger charge is -1.97. The molecule has 0 aliphatic heterocycles. The first-order valence-corrected chi connectivity index (χ1v) is 5.01. The van der Waals surface area contributed by atoms with E-state index in [4.69, 9.17) is 0 Å². The van der Waals surface area contributed by atoms with E-state index < -0.39 is 0 Å². The highest BCUT2D eigenvalue weighted by Gasteiger charge is 2.18. The maximum absolute atomic E-state index is 10.9. The molecule has 0 aromatic carbocycles. The molecule has 0 aromatic heterocycles. The topological polar surface area (TPSA) is 17.1 Å². The molecule has 1 saturated carbocycles. The van der Waals surface area contributed by atoms with Crippen LogP contribution in [0, 0.1) is 5.92 Å². The standard InChI is InChI=1S/C11H18O/c1-2-3-4-5-6-10-7-8-11(12)9-10/h5-6,10H,2-4,7-9H2,1H3/b6-5+. The molecule has 0 aromatic rings. The second-order valence-corrected chi connectivity index (χ2v) is 3.61. The van der Waals surface area contributed by atoms with Crippen LogP contribution in [0.15, 0.2) is 12.2 Å². The molecule has 0 N–H and O–H groups in total. The molecule has 0 saturated heterocycles. The minimum Gasteiger partial charge on any atom is -0.300 e. The molecule has 1 nitrogen and oxygen atoms in total. The van der Waals surface area contributed by atoms with Gasteiger partial charge in [-0.2, -0.15) is 0 Å². The third-order valence-electron chi connectivity index (χ3n) is 2.42. The van der Waals surface area contributed by atoms with E-state index in [1.807, 2.05) is 0 Å². The highest BCUT2D eigenvalue weighted by molar-refractivity contribution is 5.80. The van der Waals surface area contributed by atoms with Gasteiger partial charge in [0.2, 0.25) is 0 Å². The van der Waals surface area contributed by atoms with Gasteiger partial charge in [0.1, 0.15) is 5.78 Å². The molecule has 12 heavy (non-hydrogen) atoms. The van der Waals surface area contributed by atoms with Crippen molar-refractivity contribution in [3.63, 3.8) is 0 Å². The molecule has 1 rings (SSSR count). The first-order valence-electron chi connectivity index (χ1n) is 5.01. The fraction of sp³-hybridized carbons (Fsp3) is 0.727. The predicted octanol–water partition coefficient (Wildman–Crippen LogP) is 3.10. The van der Waals surface area contributed by atoms with Crippen LogP contribution < -0.4 is 0 Å². The number of hydrogen-bond acceptors (Lipinski definition) is 1. The SMILES string of the molecule is CCCC/C=C/C1CCC(=O)C1. The zero-order valence-corrected chi connectivity index (χ0v) is 7.88. The number of Topliss-reactive ketones (excluding diaryl/α,β-unsaturated/α-hetero) is 1. The van der Waals surface area contributed by atoms with E-state index in [1.54, 1.807) is 0 Å². The van der Waals surface area contributed by atoms with Gasteiger partial charge < -0.3 is 0 Å². The van der Waals surface area contributed by atoms with Crippen molar-refractivity contribution in [3.8, 4) is 0 Å². The lowest BCUT2D eigenvalue weighted by atomic mass is 10.1. The normalized spacial score (nSPS) is 24.1. The van der Waals surface area contributed by atoms with Crippen LogP contribution in [-0.4, -0.2) is 5.78 Å². The van der Waals surface area contributed by atoms with Crippen molar-refractivity contribution in [3.05, 3.63) is 12.2 Å². The number of carbonyl (C=O) groups is 1. The molecule has 0 heterocycles. The molecular formula is C11H18O. The first-order chi connectivity index (χ1) is 5.83. The lowest BCUT2D eigenvalue weighted by Crippen LogP contribution is -1.89. The fourth-order valence-corrected chi connectivity index (χ4v) is 1.62. The predicted molar refractivity (Wildman–Crippen MR) is 51.0 cm³/mol. The molecule has 1 unspecified atom stereocenters. The van der Waals surface area contributed by atoms with Gasteiger partial charge in [-0.05, 0) is 18.8 Å². The van der Waals surface area contributed by atoms with Crippen molar-refractivity contribution in [1.29, 1.82) is 0 Å². The summed E-state index contributed by atoms with van der Waals surface area (Å²) in [6.45, 7) is 2.20. The average molecular weight is 166 g/mol. The van der Waals surface area contributed by atoms with E-state index in [9.17, 15) is 4.79 Å². The van der Waals surface area contributed by atoms with Gasteiger partial charge in [0.25, 0.3) is 0 Å². The monoisotopic (exact) mass is 166 g/mol. The minimum atomic E-state index is 0.445. The van der Waals surface area contributed by atoms with Gasteiger partial charge in [-0.1, -0.05) is 31.9 Å². The van der Waals surface area contributed by atoms with Crippen molar-refractivity contribution in [2.24, 2.45) is 5.92 Å². The van der Waals surface area contributed by atoms with Gasteiger partial charge in [-0.3, -0.25) is 4.79 Å². The molecule has 0 amide bonds. The Labute approximate surface area is 74.9 Å². The smallest absolute Gasteiger partial charge is 0.133 e. The summed E-state index contributed by atoms with van der Waals surface area (Å²) in [4.78, 5) is 10.9. The number of rotatable bonds is 4. The van der Waals surface area contributed by atoms with Crippen LogP contribution in [0.3, 0.4) is 0 Å². The highest BCUT2D eigenvalue weighted by Crippen LogP contribution is 2.23. The van der Waals surface area contributed by atoms with Crippen molar-refractivity contribution in [2.45, 2.75) is 45.4 Å². The number of carbonyl (C=O) groups excluding carboxylic acids is 1. The zero-order valence-electron chi connectivity index (χ0n) is 7.88. The maximum atomic E-state index is 10.9. The molecular weight excluding hydrogens is 148 g/mol. The Kier molecular flexibility index (Phi) is 4.06. The molecule has 1 fully saturated rings. The van der Waals surface area contributed by atoms with E-state index in [0.29, 0.717) is 11.7 Å². The van der Waals surface area contributed by atoms with Crippen LogP contribution in [0.4, 0.5) is 0 Å². The molecule has 1 aliphatic rings. The van der Waals surface area contributed by atoms with Gasteiger partial charge in [0, 0.05) is 12.8 Å². The Hall–Kier alpha value is -0.590. The van der Waals surface area contributed by atoms with E-state index in [0.717, 1.165) is 19.3 Å². The summed E-state index contributed by atoms with van der Waals surface area (Å²) in [5, 5.41) is 0. The second kappa shape index (κ2) is 5.13. The van der Waals surface area contributed by atoms with Gasteiger partial charge in [-0.25, -0.2) is 0 Å². The quantitative estimate of drug-likeness (QED) is 0.463. The maximum Gasteiger partial charge on any atom is 0.133 e. The van der Waals surface area contributed by atoms with Crippen LogP contribution >= 0.6 is 0 Å². The molecule has 0 spiro atoms. The number of hydrogen-bond donors (Lipinski definition) is 0. The first kappa shape index (κ1) is 9.50. The number of ketones is 1. The molecule has 0 bridgehead atoms. The Morgan fingerprint density at radius 3 is 3.00 bits per heavy atom. The minimum absolute atomic E-state index is 0.445. The molecule has 0 radical (unpaired) electrons. The van der Waals surface area contributed by atoms with Crippen LogP contribution in [0.5, 0.6) is 0 Å². The van der Waals surface area contributed by atoms with E-state index >= 15 is 0 Å². The largest absolute Gasteiger partial charge is 0.300 e. The molecule has 68 valence electrons. The Balaban J connectivity index is 2.14. The highest BCUT2D eigenvalue weighted by atomic mass is 16.1. The number of unbranched alkanes of at least 4 members (excludes halogenated alkanes) is 2. The van der Waals surface area contributed by atoms with Gasteiger partial charge >= 0.3 is 0 Å². The van der Waals surface area contributed by atoms with Gasteiger partial charge in [0.05, 0.1) is 0 Å². The van der Waals surface area contributed by atoms with E-state index in [1.165, 1.54) is 19.3 Å². The molecule has 1 aliphatic carbocycles. The lowest BCUT2D eigenvalue weighted by molar-refractivity contribution is -0.117. The van der Waals surface area contributed by atoms with Crippen LogP contribution in [0.2, 0.25) is 0 Å². The summed E-state index contributed by atoms with van der Waals surface area (Å²) in [6, 6.07) is 0. The third kappa shape index (κ3) is 3.21. The van der Waals surface area contributed by atoms with Gasteiger partial charge in [0.15, 0.2) is 0 Å². The summed E-state index contributed by atoms with van der Waals surface area (Å²) in [5.41, 5.74) is 0. The summed E-state index contributed by atoms with van der Waals surface area (Å²) in [5.74, 6) is 1.01. The summed E-state index contributed by atoms with van der Waals surface area (Å²) < 4.78 is 0. The third-order valence-corrected chi connectivity index (χ3v) is 2.42. The Bertz CT molecular complexity index is 170. The number of allylic oxidation sites excluding steroid dienone is 2. The average Bonchev–Trinajstić information content (AvgIpc) is 2.45. The van der Waals surface area contributed by atoms with Crippen molar-refractivity contribution >= 4 is 5.78 Å². The van der Waals surface area contributed by atoms with Crippen molar-refractivity contribution in [2.75, 3.05) is 0 Å². The van der Waals surface area contributed by atoms with Crippen LogP contribution in [0.1, 0.15) is 45.4 Å². The van der Waals surface area contributed by atoms with Crippen molar-refractivity contribution < 1.29 is 4.79 Å². The van der Waals surface area contributed by atoms with Crippen LogP contribution in [-0.2, 0) is 4.79 Å². The Morgan fingerprint density at radius 1 is 1.58 bits per heavy atom. The Morgan fingerprint density at radius 2 is 2.42 bits per heavy atom. The summed E-state index contributed by atoms with van der Waals surface area (Å²) >= 11 is 0. The second-order valence-electron chi connectivity index (χ2n) is 3.61. The fourth-order valence-electron chi connectivity index (χ4n) is 1.62. The van der Waals surface area contributed by atoms with Crippen LogP contribution in [0.25, 0.3) is 0 Å². The summed E-state index contributed by atoms with van der Waals surface area (Å²) in [7, 11) is 0. The summed E-state index contributed by atoms with van der Waals surface area (Å²) in [6.07, 6.45) is 10.9. The molecule has 1 atom stereocenters.